The molecule has 1 aromatic heterocycles. The largest absolute Gasteiger partial charge is 0.218 e. The zero-order valence-electron chi connectivity index (χ0n) is 23.4. The van der Waals surface area contributed by atoms with Crippen molar-refractivity contribution in [2.75, 3.05) is 0 Å². The summed E-state index contributed by atoms with van der Waals surface area (Å²) in [6, 6.07) is 38.5. The lowest BCUT2D eigenvalue weighted by molar-refractivity contribution is -0.362. The highest BCUT2D eigenvalue weighted by atomic mass is 14.7. The van der Waals surface area contributed by atoms with Crippen molar-refractivity contribution in [3.05, 3.63) is 126 Å². The third-order valence-corrected chi connectivity index (χ3v) is 8.76. The van der Waals surface area contributed by atoms with Crippen LogP contribution in [0.25, 0.3) is 55.1 Å². The highest BCUT2D eigenvalue weighted by Crippen LogP contribution is 2.49. The second kappa shape index (κ2) is 8.38. The quantitative estimate of drug-likeness (QED) is 0.208. The normalized spacial score (nSPS) is 14.0. The molecule has 1 heterocycles. The van der Waals surface area contributed by atoms with Crippen molar-refractivity contribution in [3.63, 3.8) is 0 Å². The Kier molecular flexibility index (Phi) is 5.13. The number of pyridine rings is 1. The summed E-state index contributed by atoms with van der Waals surface area (Å²) in [5.74, 6) is 0. The first-order valence-electron chi connectivity index (χ1n) is 13.9. The minimum atomic E-state index is 0.0101. The van der Waals surface area contributed by atoms with Gasteiger partial charge in [-0.3, -0.25) is 0 Å². The molecule has 0 unspecified atom stereocenters. The Morgan fingerprint density at radius 2 is 1.26 bits per heavy atom. The molecule has 0 saturated heterocycles. The average molecular weight is 505 g/mol. The summed E-state index contributed by atoms with van der Waals surface area (Å²) < 4.78 is 0. The maximum atomic E-state index is 3.54. The first kappa shape index (κ1) is 23.9. The second-order valence-electron chi connectivity index (χ2n) is 12.6. The molecule has 0 amide bonds. The van der Waals surface area contributed by atoms with E-state index in [0.717, 1.165) is 5.69 Å². The average Bonchev–Trinajstić information content (AvgIpc) is 3.18. The summed E-state index contributed by atoms with van der Waals surface area (Å²) in [4.78, 5) is 3.54. The number of hydrogen-bond acceptors (Lipinski definition) is 0. The number of aromatic nitrogens is 1. The third kappa shape index (κ3) is 3.72. The Hall–Kier alpha value is -4.23. The molecule has 5 aromatic carbocycles. The van der Waals surface area contributed by atoms with Crippen LogP contribution in [0.4, 0.5) is 0 Å². The van der Waals surface area contributed by atoms with E-state index in [-0.39, 0.29) is 10.8 Å². The third-order valence-electron chi connectivity index (χ3n) is 8.76. The molecule has 7 rings (SSSR count). The van der Waals surface area contributed by atoms with Crippen LogP contribution >= 0.6 is 0 Å². The molecule has 39 heavy (non-hydrogen) atoms. The fraction of sp³-hybridized carbons (Fsp3) is 0.184. The smallest absolute Gasteiger partial charge is 0.211 e. The molecule has 0 saturated carbocycles. The summed E-state index contributed by atoms with van der Waals surface area (Å²) in [7, 11) is 0. The van der Waals surface area contributed by atoms with Crippen LogP contribution in [0.1, 0.15) is 51.3 Å². The SMILES string of the molecule is CC(C)(C)c1ccc2c(ccc3c(-c4ccc(-c5ccc6c(c5)C(C)(C)c5ccccc5-6)cc4)[nH+]ccc32)c1. The fourth-order valence-corrected chi connectivity index (χ4v) is 6.46. The number of rotatable bonds is 2. The minimum absolute atomic E-state index is 0.0101. The van der Waals surface area contributed by atoms with Crippen molar-refractivity contribution in [2.24, 2.45) is 0 Å². The van der Waals surface area contributed by atoms with E-state index in [4.69, 9.17) is 0 Å². The summed E-state index contributed by atoms with van der Waals surface area (Å²) >= 11 is 0. The summed E-state index contributed by atoms with van der Waals surface area (Å²) in [5.41, 5.74) is 11.9. The molecule has 1 heteroatoms. The van der Waals surface area contributed by atoms with Crippen LogP contribution in [0.15, 0.2) is 109 Å². The molecule has 0 radical (unpaired) electrons. The number of aromatic amines is 1. The van der Waals surface area contributed by atoms with Crippen LogP contribution in [-0.2, 0) is 10.8 Å². The number of benzene rings is 5. The number of H-pyrrole nitrogens is 1. The Balaban J connectivity index is 1.27. The van der Waals surface area contributed by atoms with Crippen molar-refractivity contribution in [3.8, 4) is 33.5 Å². The molecule has 0 bridgehead atoms. The molecule has 6 aromatic rings. The van der Waals surface area contributed by atoms with Gasteiger partial charge in [0.05, 0.1) is 5.39 Å². The van der Waals surface area contributed by atoms with E-state index in [1.54, 1.807) is 0 Å². The van der Waals surface area contributed by atoms with E-state index >= 15 is 0 Å². The monoisotopic (exact) mass is 504 g/mol. The fourth-order valence-electron chi connectivity index (χ4n) is 6.46. The van der Waals surface area contributed by atoms with Gasteiger partial charge in [-0.2, -0.15) is 0 Å². The van der Waals surface area contributed by atoms with E-state index in [0.29, 0.717) is 0 Å². The first-order chi connectivity index (χ1) is 18.7. The van der Waals surface area contributed by atoms with Crippen LogP contribution in [0.3, 0.4) is 0 Å². The van der Waals surface area contributed by atoms with Crippen molar-refractivity contribution < 1.29 is 4.98 Å². The highest BCUT2D eigenvalue weighted by Gasteiger charge is 2.35. The molecule has 0 fully saturated rings. The van der Waals surface area contributed by atoms with Gasteiger partial charge in [-0.1, -0.05) is 107 Å². The second-order valence-corrected chi connectivity index (χ2v) is 12.6. The predicted octanol–water partition coefficient (Wildman–Crippen LogP) is 9.74. The van der Waals surface area contributed by atoms with Crippen LogP contribution in [0, 0.1) is 0 Å². The van der Waals surface area contributed by atoms with Gasteiger partial charge in [0.1, 0.15) is 0 Å². The standard InChI is InChI=1S/C38H33N/c1-37(2,3)28-16-19-29-27(22-28)15-18-33-30(29)20-21-39-36(33)25-12-10-24(11-13-25)26-14-17-32-31-8-6-7-9-34(31)38(4,5)35(32)23-26/h6-23H,1-5H3/p+1. The lowest BCUT2D eigenvalue weighted by Gasteiger charge is -2.22. The van der Waals surface area contributed by atoms with Gasteiger partial charge in [-0.25, -0.2) is 4.98 Å². The van der Waals surface area contributed by atoms with Gasteiger partial charge in [0.25, 0.3) is 0 Å². The molecule has 1 N–H and O–H groups in total. The lowest BCUT2D eigenvalue weighted by atomic mass is 9.81. The maximum Gasteiger partial charge on any atom is 0.218 e. The van der Waals surface area contributed by atoms with Gasteiger partial charge in [-0.15, -0.1) is 0 Å². The Bertz CT molecular complexity index is 1900. The predicted molar refractivity (Wildman–Crippen MR) is 165 cm³/mol. The number of fused-ring (bicyclic) bond motifs is 6. The Morgan fingerprint density at radius 3 is 2.05 bits per heavy atom. The molecule has 190 valence electrons. The van der Waals surface area contributed by atoms with Crippen LogP contribution < -0.4 is 4.98 Å². The van der Waals surface area contributed by atoms with E-state index in [1.165, 1.54) is 66.1 Å². The summed E-state index contributed by atoms with van der Waals surface area (Å²) in [6.45, 7) is 11.5. The van der Waals surface area contributed by atoms with Crippen molar-refractivity contribution in [2.45, 2.75) is 45.4 Å². The zero-order valence-corrected chi connectivity index (χ0v) is 23.4. The zero-order chi connectivity index (χ0) is 26.9. The molecule has 1 nitrogen and oxygen atoms in total. The van der Waals surface area contributed by atoms with Gasteiger partial charge in [-0.05, 0) is 79.4 Å². The van der Waals surface area contributed by atoms with Crippen molar-refractivity contribution >= 4 is 21.5 Å². The molecular weight excluding hydrogens is 470 g/mol. The van der Waals surface area contributed by atoms with E-state index < -0.39 is 0 Å². The molecular formula is C38H34N+. The number of nitrogens with one attached hydrogen (secondary N) is 1. The van der Waals surface area contributed by atoms with E-state index in [2.05, 4.69) is 149 Å². The van der Waals surface area contributed by atoms with Gasteiger partial charge >= 0.3 is 0 Å². The van der Waals surface area contributed by atoms with Crippen LogP contribution in [0.2, 0.25) is 0 Å². The Morgan fingerprint density at radius 1 is 0.564 bits per heavy atom. The van der Waals surface area contributed by atoms with Crippen LogP contribution in [-0.4, -0.2) is 0 Å². The van der Waals surface area contributed by atoms with E-state index in [1.807, 2.05) is 0 Å². The molecule has 0 aliphatic heterocycles. The van der Waals surface area contributed by atoms with Crippen LogP contribution in [0.5, 0.6) is 0 Å². The lowest BCUT2D eigenvalue weighted by Crippen LogP contribution is -2.14. The summed E-state index contributed by atoms with van der Waals surface area (Å²) in [5, 5.41) is 5.13. The van der Waals surface area contributed by atoms with Gasteiger partial charge < -0.3 is 0 Å². The summed E-state index contributed by atoms with van der Waals surface area (Å²) in [6.07, 6.45) is 2.07. The van der Waals surface area contributed by atoms with Crippen molar-refractivity contribution in [1.82, 2.24) is 0 Å². The van der Waals surface area contributed by atoms with Gasteiger partial charge in [0, 0.05) is 22.4 Å². The Labute approximate surface area is 231 Å². The maximum absolute atomic E-state index is 3.54. The molecule has 1 aliphatic carbocycles. The first-order valence-corrected chi connectivity index (χ1v) is 13.9. The topological polar surface area (TPSA) is 14.1 Å². The van der Waals surface area contributed by atoms with Gasteiger partial charge in [0.15, 0.2) is 6.20 Å². The highest BCUT2D eigenvalue weighted by molar-refractivity contribution is 6.10. The minimum Gasteiger partial charge on any atom is -0.211 e. The molecule has 1 aliphatic rings. The van der Waals surface area contributed by atoms with E-state index in [9.17, 15) is 0 Å². The van der Waals surface area contributed by atoms with Gasteiger partial charge in [0.2, 0.25) is 5.69 Å². The molecule has 0 spiro atoms. The molecule has 0 atom stereocenters. The van der Waals surface area contributed by atoms with Crippen molar-refractivity contribution in [1.29, 1.82) is 0 Å². The number of hydrogen-bond donors (Lipinski definition) is 0.